The molecule has 1 aromatic carbocycles. The molecular formula is C17H22F2N6. The van der Waals surface area contributed by atoms with Crippen molar-refractivity contribution in [2.45, 2.75) is 19.0 Å². The van der Waals surface area contributed by atoms with Gasteiger partial charge in [-0.25, -0.2) is 8.78 Å². The van der Waals surface area contributed by atoms with Gasteiger partial charge >= 0.3 is 0 Å². The Kier molecular flexibility index (Phi) is 5.16. The summed E-state index contributed by atoms with van der Waals surface area (Å²) in [7, 11) is 3.58. The van der Waals surface area contributed by atoms with Gasteiger partial charge in [0.2, 0.25) is 0 Å². The van der Waals surface area contributed by atoms with Gasteiger partial charge in [0, 0.05) is 39.4 Å². The molecule has 3 rings (SSSR count). The monoisotopic (exact) mass is 348 g/mol. The van der Waals surface area contributed by atoms with Crippen molar-refractivity contribution in [3.63, 3.8) is 0 Å². The van der Waals surface area contributed by atoms with E-state index in [0.29, 0.717) is 25.6 Å². The van der Waals surface area contributed by atoms with Crippen LogP contribution in [0.1, 0.15) is 12.1 Å². The molecule has 1 atom stereocenters. The number of nitrogens with zero attached hydrogens (tertiary/aromatic N) is 4. The summed E-state index contributed by atoms with van der Waals surface area (Å²) in [6.45, 7) is 1.70. The third-order valence-corrected chi connectivity index (χ3v) is 4.37. The molecule has 1 aromatic heterocycles. The zero-order valence-corrected chi connectivity index (χ0v) is 14.3. The minimum Gasteiger partial charge on any atom is -0.365 e. The Morgan fingerprint density at radius 3 is 2.72 bits per heavy atom. The van der Waals surface area contributed by atoms with Crippen LogP contribution < -0.4 is 15.5 Å². The smallest absolute Gasteiger partial charge is 0.191 e. The molecule has 2 heterocycles. The highest BCUT2D eigenvalue weighted by Gasteiger charge is 2.27. The number of hydrogen-bond acceptors (Lipinski definition) is 3. The summed E-state index contributed by atoms with van der Waals surface area (Å²) < 4.78 is 29.6. The Morgan fingerprint density at radius 1 is 1.32 bits per heavy atom. The van der Waals surface area contributed by atoms with E-state index in [1.807, 2.05) is 13.1 Å². The SMILES string of the molecule is CN=C(NCc1ccnn1C)NC1CCN(c2c(F)cccc2F)C1. The van der Waals surface area contributed by atoms with Crippen molar-refractivity contribution in [1.29, 1.82) is 0 Å². The van der Waals surface area contributed by atoms with Crippen molar-refractivity contribution in [3.8, 4) is 0 Å². The molecule has 1 aliphatic rings. The first kappa shape index (κ1) is 17.2. The van der Waals surface area contributed by atoms with Crippen LogP contribution in [-0.2, 0) is 13.6 Å². The first-order valence-corrected chi connectivity index (χ1v) is 8.21. The second-order valence-corrected chi connectivity index (χ2v) is 6.02. The lowest BCUT2D eigenvalue weighted by Crippen LogP contribution is -2.44. The Labute approximate surface area is 145 Å². The fourth-order valence-electron chi connectivity index (χ4n) is 3.01. The van der Waals surface area contributed by atoms with Gasteiger partial charge in [-0.15, -0.1) is 0 Å². The van der Waals surface area contributed by atoms with E-state index in [9.17, 15) is 8.78 Å². The summed E-state index contributed by atoms with van der Waals surface area (Å²) in [4.78, 5) is 5.94. The van der Waals surface area contributed by atoms with E-state index in [0.717, 1.165) is 12.1 Å². The lowest BCUT2D eigenvalue weighted by molar-refractivity contribution is 0.575. The third-order valence-electron chi connectivity index (χ3n) is 4.37. The maximum absolute atomic E-state index is 13.9. The number of anilines is 1. The zero-order chi connectivity index (χ0) is 17.8. The summed E-state index contributed by atoms with van der Waals surface area (Å²) in [6, 6.07) is 5.95. The highest BCUT2D eigenvalue weighted by molar-refractivity contribution is 5.80. The van der Waals surface area contributed by atoms with E-state index in [2.05, 4.69) is 20.7 Å². The molecule has 1 aliphatic heterocycles. The van der Waals surface area contributed by atoms with Crippen LogP contribution in [0.2, 0.25) is 0 Å². The normalized spacial score (nSPS) is 17.8. The minimum atomic E-state index is -0.528. The molecule has 0 saturated carbocycles. The van der Waals surface area contributed by atoms with Gasteiger partial charge in [0.25, 0.3) is 0 Å². The van der Waals surface area contributed by atoms with Crippen LogP contribution >= 0.6 is 0 Å². The maximum atomic E-state index is 13.9. The number of para-hydroxylation sites is 1. The van der Waals surface area contributed by atoms with E-state index in [4.69, 9.17) is 0 Å². The van der Waals surface area contributed by atoms with Gasteiger partial charge in [-0.2, -0.15) is 5.10 Å². The summed E-state index contributed by atoms with van der Waals surface area (Å²) in [5.74, 6) is -0.402. The molecule has 1 unspecified atom stereocenters. The number of rotatable bonds is 4. The highest BCUT2D eigenvalue weighted by atomic mass is 19.1. The zero-order valence-electron chi connectivity index (χ0n) is 14.3. The number of aromatic nitrogens is 2. The molecule has 6 nitrogen and oxygen atoms in total. The second-order valence-electron chi connectivity index (χ2n) is 6.02. The van der Waals surface area contributed by atoms with Crippen LogP contribution in [0.5, 0.6) is 0 Å². The van der Waals surface area contributed by atoms with Gasteiger partial charge in [0.1, 0.15) is 17.3 Å². The fraction of sp³-hybridized carbons (Fsp3) is 0.412. The molecule has 2 aromatic rings. The number of guanidine groups is 1. The maximum Gasteiger partial charge on any atom is 0.191 e. The Balaban J connectivity index is 1.57. The van der Waals surface area contributed by atoms with E-state index in [1.165, 1.54) is 18.2 Å². The van der Waals surface area contributed by atoms with Gasteiger partial charge in [-0.3, -0.25) is 9.67 Å². The van der Waals surface area contributed by atoms with Crippen molar-refractivity contribution in [1.82, 2.24) is 20.4 Å². The quantitative estimate of drug-likeness (QED) is 0.652. The van der Waals surface area contributed by atoms with Crippen LogP contribution in [-0.4, -0.2) is 41.9 Å². The van der Waals surface area contributed by atoms with Gasteiger partial charge in [0.05, 0.1) is 12.2 Å². The number of aryl methyl sites for hydroxylation is 1. The molecule has 25 heavy (non-hydrogen) atoms. The molecule has 134 valence electrons. The third kappa shape index (κ3) is 3.89. The largest absolute Gasteiger partial charge is 0.365 e. The van der Waals surface area contributed by atoms with E-state index >= 15 is 0 Å². The molecule has 0 spiro atoms. The lowest BCUT2D eigenvalue weighted by Gasteiger charge is -2.21. The number of aliphatic imine (C=N–C) groups is 1. The van der Waals surface area contributed by atoms with E-state index in [1.54, 1.807) is 22.8 Å². The molecule has 0 amide bonds. The molecule has 0 bridgehead atoms. The Morgan fingerprint density at radius 2 is 2.08 bits per heavy atom. The standard InChI is InChI=1S/C17H22F2N6/c1-20-17(21-10-13-6-8-22-24(13)2)23-12-7-9-25(11-12)16-14(18)4-3-5-15(16)19/h3-6,8,12H,7,9-11H2,1-2H3,(H2,20,21,23). The van der Waals surface area contributed by atoms with E-state index in [-0.39, 0.29) is 11.7 Å². The predicted molar refractivity (Wildman–Crippen MR) is 93.5 cm³/mol. The van der Waals surface area contributed by atoms with Crippen LogP contribution in [0.4, 0.5) is 14.5 Å². The fourth-order valence-corrected chi connectivity index (χ4v) is 3.01. The topological polar surface area (TPSA) is 57.5 Å². The minimum absolute atomic E-state index is 0.0460. The van der Waals surface area contributed by atoms with Crippen LogP contribution in [0.25, 0.3) is 0 Å². The Hall–Kier alpha value is -2.64. The molecule has 1 saturated heterocycles. The van der Waals surface area contributed by atoms with Gasteiger partial charge in [-0.1, -0.05) is 6.07 Å². The van der Waals surface area contributed by atoms with Crippen molar-refractivity contribution in [2.24, 2.45) is 12.0 Å². The van der Waals surface area contributed by atoms with Crippen molar-refractivity contribution in [3.05, 3.63) is 47.8 Å². The van der Waals surface area contributed by atoms with Crippen LogP contribution in [0, 0.1) is 11.6 Å². The van der Waals surface area contributed by atoms with Crippen molar-refractivity contribution >= 4 is 11.6 Å². The number of hydrogen-bond donors (Lipinski definition) is 2. The van der Waals surface area contributed by atoms with Crippen molar-refractivity contribution in [2.75, 3.05) is 25.0 Å². The molecule has 0 aliphatic carbocycles. The van der Waals surface area contributed by atoms with E-state index < -0.39 is 11.6 Å². The molecule has 1 fully saturated rings. The van der Waals surface area contributed by atoms with Crippen LogP contribution in [0.15, 0.2) is 35.5 Å². The van der Waals surface area contributed by atoms with Gasteiger partial charge < -0.3 is 15.5 Å². The summed E-state index contributed by atoms with van der Waals surface area (Å²) in [5.41, 5.74) is 1.08. The van der Waals surface area contributed by atoms with Crippen molar-refractivity contribution < 1.29 is 8.78 Å². The summed E-state index contributed by atoms with van der Waals surface area (Å²) >= 11 is 0. The second kappa shape index (κ2) is 7.50. The first-order chi connectivity index (χ1) is 12.1. The molecular weight excluding hydrogens is 326 g/mol. The number of nitrogens with one attached hydrogen (secondary N) is 2. The predicted octanol–water partition coefficient (Wildman–Crippen LogP) is 1.64. The highest BCUT2D eigenvalue weighted by Crippen LogP contribution is 2.26. The molecule has 2 N–H and O–H groups in total. The summed E-state index contributed by atoms with van der Waals surface area (Å²) in [5, 5.41) is 10.7. The van der Waals surface area contributed by atoms with Gasteiger partial charge in [0.15, 0.2) is 5.96 Å². The number of benzene rings is 1. The van der Waals surface area contributed by atoms with Gasteiger partial charge in [-0.05, 0) is 24.6 Å². The van der Waals surface area contributed by atoms with Crippen LogP contribution in [0.3, 0.4) is 0 Å². The molecule has 0 radical (unpaired) electrons. The first-order valence-electron chi connectivity index (χ1n) is 8.21. The summed E-state index contributed by atoms with van der Waals surface area (Å²) in [6.07, 6.45) is 2.52. The number of halogens is 2. The lowest BCUT2D eigenvalue weighted by atomic mass is 10.2. The average molecular weight is 348 g/mol. The molecule has 8 heteroatoms. The Bertz CT molecular complexity index is 737. The average Bonchev–Trinajstić information content (AvgIpc) is 3.20.